The molecule has 5 heteroatoms. The topological polar surface area (TPSA) is 73.4 Å². The van der Waals surface area contributed by atoms with Crippen LogP contribution in [0.15, 0.2) is 24.3 Å². The minimum absolute atomic E-state index is 0.222. The maximum Gasteiger partial charge on any atom is 0.223 e. The van der Waals surface area contributed by atoms with Gasteiger partial charge in [-0.2, -0.15) is 0 Å². The number of hydrogen-bond acceptors (Lipinski definition) is 2. The molecule has 1 saturated heterocycles. The van der Waals surface area contributed by atoms with Crippen molar-refractivity contribution in [3.63, 3.8) is 0 Å². The van der Waals surface area contributed by atoms with E-state index in [9.17, 15) is 4.79 Å². The molecule has 1 aromatic carbocycles. The molecule has 0 unspecified atom stereocenters. The summed E-state index contributed by atoms with van der Waals surface area (Å²) in [5, 5.41) is 2.21. The Bertz CT molecular complexity index is 441. The fourth-order valence-corrected chi connectivity index (χ4v) is 3.08. The van der Waals surface area contributed by atoms with E-state index in [1.54, 1.807) is 12.0 Å². The van der Waals surface area contributed by atoms with Gasteiger partial charge in [-0.15, -0.1) is 0 Å². The van der Waals surface area contributed by atoms with Crippen LogP contribution in [0.4, 0.5) is 0 Å². The van der Waals surface area contributed by atoms with Gasteiger partial charge in [-0.05, 0) is 24.3 Å². The second-order valence-electron chi connectivity index (χ2n) is 5.72. The Morgan fingerprint density at radius 3 is 2.57 bits per heavy atom. The Hall–Kier alpha value is -1.59. The quantitative estimate of drug-likeness (QED) is 0.530. The predicted octanol–water partition coefficient (Wildman–Crippen LogP) is -1.15. The van der Waals surface area contributed by atoms with Crippen molar-refractivity contribution in [3.8, 4) is 5.75 Å². The number of nitrogens with one attached hydrogen (secondary N) is 1. The number of ether oxygens (including phenoxy) is 1. The van der Waals surface area contributed by atoms with Gasteiger partial charge in [0, 0.05) is 18.4 Å². The van der Waals surface area contributed by atoms with Crippen molar-refractivity contribution >= 4 is 5.91 Å². The minimum atomic E-state index is -0.222. The van der Waals surface area contributed by atoms with Crippen LogP contribution in [0.2, 0.25) is 0 Å². The van der Waals surface area contributed by atoms with E-state index in [-0.39, 0.29) is 5.91 Å². The van der Waals surface area contributed by atoms with Gasteiger partial charge < -0.3 is 20.7 Å². The number of quaternary nitrogens is 2. The Balaban J connectivity index is 1.98. The molecule has 0 saturated carbocycles. The number of amides is 1. The molecule has 1 atom stereocenters. The number of carbonyl (C=O) groups is 1. The van der Waals surface area contributed by atoms with Crippen LogP contribution in [0.3, 0.4) is 0 Å². The van der Waals surface area contributed by atoms with Gasteiger partial charge in [0.1, 0.15) is 12.3 Å². The van der Waals surface area contributed by atoms with Crippen molar-refractivity contribution in [3.05, 3.63) is 29.8 Å². The van der Waals surface area contributed by atoms with Gasteiger partial charge in [0.25, 0.3) is 0 Å². The summed E-state index contributed by atoms with van der Waals surface area (Å²) < 4.78 is 5.23. The Morgan fingerprint density at radius 2 is 2.00 bits per heavy atom. The third-order valence-corrected chi connectivity index (χ3v) is 4.25. The smallest absolute Gasteiger partial charge is 0.223 e. The molecule has 116 valence electrons. The van der Waals surface area contributed by atoms with Crippen LogP contribution in [0, 0.1) is 0 Å². The third-order valence-electron chi connectivity index (χ3n) is 4.25. The average molecular weight is 293 g/mol. The number of benzene rings is 1. The number of carbonyl (C=O) groups excluding carboxylic acids is 1. The summed E-state index contributed by atoms with van der Waals surface area (Å²) in [4.78, 5) is 12.5. The molecular weight excluding hydrogens is 266 g/mol. The van der Waals surface area contributed by atoms with Gasteiger partial charge >= 0.3 is 0 Å². The third kappa shape index (κ3) is 4.72. The summed E-state index contributed by atoms with van der Waals surface area (Å²) in [6, 6.07) is 8.86. The molecule has 1 aliphatic rings. The first-order valence-corrected chi connectivity index (χ1v) is 7.79. The molecular formula is C16H27N3O2+2. The zero-order valence-corrected chi connectivity index (χ0v) is 12.8. The van der Waals surface area contributed by atoms with Crippen LogP contribution < -0.4 is 20.7 Å². The predicted molar refractivity (Wildman–Crippen MR) is 81.1 cm³/mol. The molecule has 1 amide bonds. The van der Waals surface area contributed by atoms with Crippen molar-refractivity contribution in [1.29, 1.82) is 0 Å². The summed E-state index contributed by atoms with van der Waals surface area (Å²) >= 11 is 0. The van der Waals surface area contributed by atoms with Gasteiger partial charge in [-0.1, -0.05) is 0 Å². The van der Waals surface area contributed by atoms with Crippen molar-refractivity contribution < 1.29 is 19.7 Å². The molecule has 0 aromatic heterocycles. The summed E-state index contributed by atoms with van der Waals surface area (Å²) in [6.45, 7) is 4.24. The molecule has 1 aromatic rings. The molecule has 2 rings (SSSR count). The van der Waals surface area contributed by atoms with Crippen LogP contribution in [-0.4, -0.2) is 39.2 Å². The highest BCUT2D eigenvalue weighted by Crippen LogP contribution is 2.15. The second kappa shape index (κ2) is 8.00. The molecule has 1 heterocycles. The van der Waals surface area contributed by atoms with Gasteiger partial charge in [0.2, 0.25) is 5.91 Å². The second-order valence-corrected chi connectivity index (χ2v) is 5.72. The fourth-order valence-electron chi connectivity index (χ4n) is 3.08. The number of methoxy groups -OCH3 is 1. The van der Waals surface area contributed by atoms with Crippen molar-refractivity contribution in [2.45, 2.75) is 25.3 Å². The maximum absolute atomic E-state index is 10.8. The summed E-state index contributed by atoms with van der Waals surface area (Å²) in [6.07, 6.45) is 3.07. The Kier molecular flexibility index (Phi) is 6.02. The van der Waals surface area contributed by atoms with Crippen LogP contribution >= 0.6 is 0 Å². The van der Waals surface area contributed by atoms with Crippen LogP contribution in [-0.2, 0) is 4.79 Å². The van der Waals surface area contributed by atoms with E-state index in [0.29, 0.717) is 12.5 Å². The molecule has 1 fully saturated rings. The van der Waals surface area contributed by atoms with E-state index < -0.39 is 0 Å². The van der Waals surface area contributed by atoms with E-state index in [4.69, 9.17) is 10.5 Å². The maximum atomic E-state index is 10.8. The number of hydrogen-bond donors (Lipinski definition) is 3. The molecule has 0 bridgehead atoms. The first-order valence-electron chi connectivity index (χ1n) is 7.79. The van der Waals surface area contributed by atoms with Crippen molar-refractivity contribution in [2.24, 2.45) is 5.73 Å². The highest BCUT2D eigenvalue weighted by Gasteiger charge is 2.28. The normalized spacial score (nSPS) is 16.8. The molecule has 1 aliphatic heterocycles. The average Bonchev–Trinajstić information content (AvgIpc) is 3.01. The van der Waals surface area contributed by atoms with Gasteiger partial charge in [0.15, 0.2) is 6.04 Å². The van der Waals surface area contributed by atoms with Crippen molar-refractivity contribution in [2.75, 3.05) is 33.3 Å². The van der Waals surface area contributed by atoms with Crippen LogP contribution in [0.25, 0.3) is 0 Å². The molecule has 5 N–H and O–H groups in total. The monoisotopic (exact) mass is 293 g/mol. The van der Waals surface area contributed by atoms with Crippen LogP contribution in [0.1, 0.15) is 30.9 Å². The highest BCUT2D eigenvalue weighted by atomic mass is 16.5. The van der Waals surface area contributed by atoms with E-state index in [1.165, 1.54) is 31.5 Å². The zero-order chi connectivity index (χ0) is 15.1. The lowest BCUT2D eigenvalue weighted by atomic mass is 10.1. The first-order chi connectivity index (χ1) is 10.2. The lowest BCUT2D eigenvalue weighted by molar-refractivity contribution is -0.934. The minimum Gasteiger partial charge on any atom is -0.497 e. The number of nitrogens with two attached hydrogens (primary N) is 2. The molecule has 5 nitrogen and oxygen atoms in total. The lowest BCUT2D eigenvalue weighted by Gasteiger charge is -2.23. The number of primary amides is 1. The first kappa shape index (κ1) is 15.8. The highest BCUT2D eigenvalue weighted by molar-refractivity contribution is 5.73. The summed E-state index contributed by atoms with van der Waals surface area (Å²) in [7, 11) is 1.69. The van der Waals surface area contributed by atoms with E-state index >= 15 is 0 Å². The van der Waals surface area contributed by atoms with Gasteiger partial charge in [0.05, 0.1) is 33.2 Å². The van der Waals surface area contributed by atoms with Gasteiger partial charge in [-0.25, -0.2) is 0 Å². The van der Waals surface area contributed by atoms with Gasteiger partial charge in [-0.3, -0.25) is 4.79 Å². The molecule has 21 heavy (non-hydrogen) atoms. The van der Waals surface area contributed by atoms with E-state index in [2.05, 4.69) is 17.4 Å². The number of rotatable bonds is 8. The Morgan fingerprint density at radius 1 is 1.33 bits per heavy atom. The van der Waals surface area contributed by atoms with Crippen LogP contribution in [0.5, 0.6) is 5.75 Å². The zero-order valence-electron chi connectivity index (χ0n) is 12.8. The summed E-state index contributed by atoms with van der Waals surface area (Å²) in [5.41, 5.74) is 6.55. The largest absolute Gasteiger partial charge is 0.497 e. The van der Waals surface area contributed by atoms with E-state index in [1.807, 2.05) is 12.1 Å². The van der Waals surface area contributed by atoms with Crippen molar-refractivity contribution in [1.82, 2.24) is 0 Å². The molecule has 0 aliphatic carbocycles. The number of likely N-dealkylation sites (tertiary alicyclic amines) is 1. The standard InChI is InChI=1S/C16H25N3O2/c1-21-14-6-4-13(5-7-14)15(19-10-2-3-11-19)12-18-9-8-16(17)20/h4-7,15,18H,2-3,8-12H2,1H3,(H2,17,20)/p+2/t15-/m0/s1. The van der Waals surface area contributed by atoms with E-state index in [0.717, 1.165) is 18.8 Å². The SMILES string of the molecule is COc1ccc([C@H](C[NH2+]CCC(N)=O)[NH+]2CCCC2)cc1. The molecule has 0 radical (unpaired) electrons. The Labute approximate surface area is 126 Å². The summed E-state index contributed by atoms with van der Waals surface area (Å²) in [5.74, 6) is 0.674. The molecule has 0 spiro atoms. The lowest BCUT2D eigenvalue weighted by Crippen LogP contribution is -3.13. The fraction of sp³-hybridized carbons (Fsp3) is 0.562.